The van der Waals surface area contributed by atoms with E-state index < -0.39 is 10.0 Å². The predicted octanol–water partition coefficient (Wildman–Crippen LogP) is 1.03. The molecule has 2 unspecified atom stereocenters. The standard InChI is InChI=1S/C9H16BrNO3S/c1-9(2)5-11(15(12,13)6-10)8-4-14-3-7(8)9/h7-8H,3-6H2,1-2H3. The highest BCUT2D eigenvalue weighted by molar-refractivity contribution is 9.10. The number of halogens is 1. The third-order valence-electron chi connectivity index (χ3n) is 3.48. The average Bonchev–Trinajstić information content (AvgIpc) is 2.69. The Balaban J connectivity index is 2.30. The van der Waals surface area contributed by atoms with Crippen LogP contribution in [0.2, 0.25) is 0 Å². The Bertz CT molecular complexity index is 354. The summed E-state index contributed by atoms with van der Waals surface area (Å²) in [5, 5.41) is 0. The lowest BCUT2D eigenvalue weighted by Gasteiger charge is -2.23. The minimum absolute atomic E-state index is 0.000694. The maximum Gasteiger partial charge on any atom is 0.224 e. The first-order valence-corrected chi connectivity index (χ1v) is 7.75. The topological polar surface area (TPSA) is 46.6 Å². The van der Waals surface area contributed by atoms with Crippen LogP contribution in [0.25, 0.3) is 0 Å². The fraction of sp³-hybridized carbons (Fsp3) is 1.00. The summed E-state index contributed by atoms with van der Waals surface area (Å²) < 4.78 is 30.7. The minimum Gasteiger partial charge on any atom is -0.379 e. The number of fused-ring (bicyclic) bond motifs is 1. The molecule has 0 radical (unpaired) electrons. The van der Waals surface area contributed by atoms with Gasteiger partial charge in [0.15, 0.2) is 0 Å². The Kier molecular flexibility index (Phi) is 2.90. The lowest BCUT2D eigenvalue weighted by Crippen LogP contribution is -2.38. The summed E-state index contributed by atoms with van der Waals surface area (Å²) in [5.41, 5.74) is 0.0242. The molecule has 6 heteroatoms. The van der Waals surface area contributed by atoms with Gasteiger partial charge in [-0.25, -0.2) is 8.42 Å². The van der Waals surface area contributed by atoms with Crippen LogP contribution >= 0.6 is 15.9 Å². The van der Waals surface area contributed by atoms with E-state index in [1.165, 1.54) is 0 Å². The summed E-state index contributed by atoms with van der Waals surface area (Å²) in [6.45, 7) is 6.07. The minimum atomic E-state index is -3.15. The van der Waals surface area contributed by atoms with Gasteiger partial charge >= 0.3 is 0 Å². The number of sulfonamides is 1. The molecule has 2 rings (SSSR count). The number of alkyl halides is 1. The molecule has 0 saturated carbocycles. The molecule has 15 heavy (non-hydrogen) atoms. The van der Waals surface area contributed by atoms with Gasteiger partial charge in [-0.15, -0.1) is 0 Å². The molecule has 0 amide bonds. The summed E-state index contributed by atoms with van der Waals surface area (Å²) in [7, 11) is -3.15. The molecule has 2 fully saturated rings. The Hall–Kier alpha value is 0.350. The smallest absolute Gasteiger partial charge is 0.224 e. The fourth-order valence-corrected chi connectivity index (χ4v) is 4.64. The van der Waals surface area contributed by atoms with Crippen LogP contribution in [0.15, 0.2) is 0 Å². The molecule has 0 N–H and O–H groups in total. The zero-order valence-corrected chi connectivity index (χ0v) is 11.3. The molecular formula is C9H16BrNO3S. The van der Waals surface area contributed by atoms with Crippen molar-refractivity contribution in [2.45, 2.75) is 19.9 Å². The van der Waals surface area contributed by atoms with E-state index >= 15 is 0 Å². The Morgan fingerprint density at radius 2 is 2.13 bits per heavy atom. The molecule has 0 bridgehead atoms. The maximum atomic E-state index is 11.9. The zero-order chi connectivity index (χ0) is 11.3. The van der Waals surface area contributed by atoms with Crippen LogP contribution < -0.4 is 0 Å². The molecule has 0 aliphatic carbocycles. The van der Waals surface area contributed by atoms with Gasteiger partial charge in [-0.3, -0.25) is 0 Å². The summed E-state index contributed by atoms with van der Waals surface area (Å²) >= 11 is 3.05. The number of nitrogens with zero attached hydrogens (tertiary/aromatic N) is 1. The molecule has 2 saturated heterocycles. The molecule has 2 aliphatic rings. The van der Waals surface area contributed by atoms with Crippen molar-refractivity contribution in [2.24, 2.45) is 11.3 Å². The molecule has 0 aromatic carbocycles. The van der Waals surface area contributed by atoms with Crippen molar-refractivity contribution in [1.29, 1.82) is 0 Å². The Labute approximate surface area is 99.1 Å². The lowest BCUT2D eigenvalue weighted by atomic mass is 9.80. The van der Waals surface area contributed by atoms with Gasteiger partial charge in [-0.05, 0) is 5.41 Å². The molecular weight excluding hydrogens is 282 g/mol. The molecule has 2 heterocycles. The summed E-state index contributed by atoms with van der Waals surface area (Å²) in [6, 6.07) is 0.0440. The van der Waals surface area contributed by atoms with Crippen molar-refractivity contribution in [3.05, 3.63) is 0 Å². The van der Waals surface area contributed by atoms with E-state index in [4.69, 9.17) is 4.74 Å². The lowest BCUT2D eigenvalue weighted by molar-refractivity contribution is 0.137. The first-order valence-electron chi connectivity index (χ1n) is 5.02. The predicted molar refractivity (Wildman–Crippen MR) is 61.3 cm³/mol. The molecule has 0 aromatic heterocycles. The quantitative estimate of drug-likeness (QED) is 0.715. The van der Waals surface area contributed by atoms with E-state index in [2.05, 4.69) is 29.8 Å². The van der Waals surface area contributed by atoms with E-state index in [9.17, 15) is 8.42 Å². The van der Waals surface area contributed by atoms with Crippen molar-refractivity contribution in [2.75, 3.05) is 24.4 Å². The Morgan fingerprint density at radius 1 is 1.47 bits per heavy atom. The van der Waals surface area contributed by atoms with Gasteiger partial charge in [-0.2, -0.15) is 4.31 Å². The largest absolute Gasteiger partial charge is 0.379 e. The average molecular weight is 298 g/mol. The molecule has 2 aliphatic heterocycles. The van der Waals surface area contributed by atoms with Gasteiger partial charge in [0.2, 0.25) is 10.0 Å². The van der Waals surface area contributed by atoms with Crippen LogP contribution in [0.1, 0.15) is 13.8 Å². The van der Waals surface area contributed by atoms with Crippen LogP contribution in [0.4, 0.5) is 0 Å². The van der Waals surface area contributed by atoms with Crippen LogP contribution in [-0.2, 0) is 14.8 Å². The first-order chi connectivity index (χ1) is 6.88. The second kappa shape index (κ2) is 3.68. The Morgan fingerprint density at radius 3 is 2.73 bits per heavy atom. The fourth-order valence-electron chi connectivity index (χ4n) is 2.58. The van der Waals surface area contributed by atoms with Crippen molar-refractivity contribution in [1.82, 2.24) is 4.31 Å². The summed E-state index contributed by atoms with van der Waals surface area (Å²) in [6.07, 6.45) is 0. The number of hydrogen-bond acceptors (Lipinski definition) is 3. The van der Waals surface area contributed by atoms with E-state index in [1.54, 1.807) is 4.31 Å². The molecule has 2 atom stereocenters. The molecule has 4 nitrogen and oxygen atoms in total. The monoisotopic (exact) mass is 297 g/mol. The zero-order valence-electron chi connectivity index (χ0n) is 8.94. The van der Waals surface area contributed by atoms with E-state index in [1.807, 2.05) is 0 Å². The second-order valence-corrected chi connectivity index (χ2v) is 8.19. The third kappa shape index (κ3) is 1.85. The van der Waals surface area contributed by atoms with E-state index in [0.717, 1.165) is 0 Å². The first kappa shape index (κ1) is 11.8. The summed E-state index contributed by atoms with van der Waals surface area (Å²) in [4.78, 5) is 0. The highest BCUT2D eigenvalue weighted by Gasteiger charge is 2.53. The third-order valence-corrected chi connectivity index (χ3v) is 6.61. The highest BCUT2D eigenvalue weighted by atomic mass is 79.9. The van der Waals surface area contributed by atoms with Crippen molar-refractivity contribution < 1.29 is 13.2 Å². The number of rotatable bonds is 2. The van der Waals surface area contributed by atoms with E-state index in [0.29, 0.717) is 25.7 Å². The summed E-state index contributed by atoms with van der Waals surface area (Å²) in [5.74, 6) is 0.339. The van der Waals surface area contributed by atoms with Gasteiger partial charge in [0.1, 0.15) is 4.66 Å². The van der Waals surface area contributed by atoms with Crippen molar-refractivity contribution >= 4 is 26.0 Å². The SMILES string of the molecule is CC1(C)CN(S(=O)(=O)CBr)C2COCC21. The van der Waals surface area contributed by atoms with Gasteiger partial charge < -0.3 is 4.74 Å². The van der Waals surface area contributed by atoms with Crippen molar-refractivity contribution in [3.8, 4) is 0 Å². The van der Waals surface area contributed by atoms with Crippen LogP contribution in [0.5, 0.6) is 0 Å². The normalized spacial score (nSPS) is 35.7. The molecule has 0 aromatic rings. The van der Waals surface area contributed by atoms with Gasteiger partial charge in [0, 0.05) is 12.5 Å². The van der Waals surface area contributed by atoms with E-state index in [-0.39, 0.29) is 16.1 Å². The maximum absolute atomic E-state index is 11.9. The number of ether oxygens (including phenoxy) is 1. The van der Waals surface area contributed by atoms with Gasteiger partial charge in [0.25, 0.3) is 0 Å². The highest BCUT2D eigenvalue weighted by Crippen LogP contribution is 2.44. The molecule has 0 spiro atoms. The van der Waals surface area contributed by atoms with Gasteiger partial charge in [0.05, 0.1) is 19.3 Å². The molecule has 88 valence electrons. The van der Waals surface area contributed by atoms with Crippen LogP contribution in [0.3, 0.4) is 0 Å². The second-order valence-electron chi connectivity index (χ2n) is 4.97. The number of hydrogen-bond donors (Lipinski definition) is 0. The van der Waals surface area contributed by atoms with Crippen LogP contribution in [-0.4, -0.2) is 43.2 Å². The van der Waals surface area contributed by atoms with Crippen LogP contribution in [0, 0.1) is 11.3 Å². The van der Waals surface area contributed by atoms with Gasteiger partial charge in [-0.1, -0.05) is 29.8 Å². The van der Waals surface area contributed by atoms with Crippen molar-refractivity contribution in [3.63, 3.8) is 0 Å².